The van der Waals surface area contributed by atoms with Gasteiger partial charge in [-0.3, -0.25) is 4.79 Å². The predicted molar refractivity (Wildman–Crippen MR) is 123 cm³/mol. The fourth-order valence-electron chi connectivity index (χ4n) is 2.85. The molecular weight excluding hydrogens is 391 g/mol. The zero-order valence-electron chi connectivity index (χ0n) is 17.5. The van der Waals surface area contributed by atoms with E-state index in [0.717, 1.165) is 28.0 Å². The van der Waals surface area contributed by atoms with Gasteiger partial charge in [-0.05, 0) is 66.1 Å². The van der Waals surface area contributed by atoms with Crippen LogP contribution in [0.4, 0.5) is 4.39 Å². The number of halogens is 1. The summed E-state index contributed by atoms with van der Waals surface area (Å²) >= 11 is 0. The van der Waals surface area contributed by atoms with Gasteiger partial charge in [0.25, 0.3) is 0 Å². The summed E-state index contributed by atoms with van der Waals surface area (Å²) in [6.45, 7) is 7.38. The number of carbonyl (C=O) groups is 1. The Kier molecular flexibility index (Phi) is 7.91. The summed E-state index contributed by atoms with van der Waals surface area (Å²) in [6.07, 6.45) is 3.19. The van der Waals surface area contributed by atoms with E-state index >= 15 is 0 Å². The van der Waals surface area contributed by atoms with E-state index in [2.05, 4.69) is 6.58 Å². The maximum atomic E-state index is 12.9. The largest absolute Gasteiger partial charge is 0.491 e. The molecule has 4 heteroatoms. The molecule has 0 aliphatic rings. The summed E-state index contributed by atoms with van der Waals surface area (Å²) in [5.41, 5.74) is 4.60. The number of hydrogen-bond donors (Lipinski definition) is 0. The van der Waals surface area contributed by atoms with Gasteiger partial charge in [0, 0.05) is 5.56 Å². The van der Waals surface area contributed by atoms with Crippen LogP contribution in [0.3, 0.4) is 0 Å². The van der Waals surface area contributed by atoms with Crippen molar-refractivity contribution in [2.45, 2.75) is 13.5 Å². The molecule has 0 amide bonds. The Balaban J connectivity index is 1.39. The summed E-state index contributed by atoms with van der Waals surface area (Å²) in [7, 11) is 0. The summed E-state index contributed by atoms with van der Waals surface area (Å²) in [4.78, 5) is 12.1. The number of ether oxygens (including phenoxy) is 2. The summed E-state index contributed by atoms with van der Waals surface area (Å²) < 4.78 is 24.3. The van der Waals surface area contributed by atoms with Crippen LogP contribution in [0, 0.1) is 5.82 Å². The molecule has 0 unspecified atom stereocenters. The topological polar surface area (TPSA) is 35.5 Å². The fraction of sp³-hybridized carbons (Fsp3) is 0.148. The van der Waals surface area contributed by atoms with Gasteiger partial charge in [0.05, 0.1) is 13.2 Å². The zero-order chi connectivity index (χ0) is 22.1. The predicted octanol–water partition coefficient (Wildman–Crippen LogP) is 6.35. The van der Waals surface area contributed by atoms with E-state index in [1.54, 1.807) is 6.08 Å². The lowest BCUT2D eigenvalue weighted by molar-refractivity contribution is 0.0889. The monoisotopic (exact) mass is 416 g/mol. The van der Waals surface area contributed by atoms with Crippen molar-refractivity contribution < 1.29 is 18.7 Å². The first kappa shape index (κ1) is 22.2. The summed E-state index contributed by atoms with van der Waals surface area (Å²) in [5, 5.41) is 0. The van der Waals surface area contributed by atoms with Crippen LogP contribution < -0.4 is 4.74 Å². The van der Waals surface area contributed by atoms with Crippen LogP contribution in [0.1, 0.15) is 34.0 Å². The second kappa shape index (κ2) is 11.0. The third-order valence-electron chi connectivity index (χ3n) is 4.65. The van der Waals surface area contributed by atoms with Crippen LogP contribution in [0.2, 0.25) is 0 Å². The van der Waals surface area contributed by atoms with Crippen LogP contribution in [-0.2, 0) is 11.3 Å². The van der Waals surface area contributed by atoms with Crippen LogP contribution in [0.15, 0.2) is 85.5 Å². The van der Waals surface area contributed by atoms with Gasteiger partial charge in [-0.2, -0.15) is 0 Å². The summed E-state index contributed by atoms with van der Waals surface area (Å²) in [6, 6.07) is 21.1. The Morgan fingerprint density at radius 1 is 0.903 bits per heavy atom. The molecule has 0 fully saturated rings. The molecule has 0 N–H and O–H groups in total. The van der Waals surface area contributed by atoms with E-state index in [4.69, 9.17) is 9.47 Å². The molecule has 0 spiro atoms. The minimum Gasteiger partial charge on any atom is -0.491 e. The smallest absolute Gasteiger partial charge is 0.185 e. The van der Waals surface area contributed by atoms with Gasteiger partial charge in [-0.15, -0.1) is 0 Å². The number of benzene rings is 3. The molecule has 31 heavy (non-hydrogen) atoms. The van der Waals surface area contributed by atoms with Crippen molar-refractivity contribution in [3.8, 4) is 5.75 Å². The number of carbonyl (C=O) groups excluding carboxylic acids is 1. The minimum atomic E-state index is -0.362. The van der Waals surface area contributed by atoms with Gasteiger partial charge >= 0.3 is 0 Å². The molecule has 0 heterocycles. The van der Waals surface area contributed by atoms with E-state index in [1.807, 2.05) is 55.5 Å². The maximum Gasteiger partial charge on any atom is 0.185 e. The van der Waals surface area contributed by atoms with Crippen molar-refractivity contribution in [2.75, 3.05) is 13.2 Å². The van der Waals surface area contributed by atoms with Crippen molar-refractivity contribution in [2.24, 2.45) is 0 Å². The van der Waals surface area contributed by atoms with Gasteiger partial charge in [-0.25, -0.2) is 4.39 Å². The third kappa shape index (κ3) is 7.05. The Labute approximate surface area is 182 Å². The van der Waals surface area contributed by atoms with Gasteiger partial charge in [-0.1, -0.05) is 54.6 Å². The lowest BCUT2D eigenvalue weighted by Gasteiger charge is -2.08. The molecule has 3 aromatic rings. The van der Waals surface area contributed by atoms with Crippen molar-refractivity contribution in [3.05, 3.63) is 114 Å². The maximum absolute atomic E-state index is 12.9. The van der Waals surface area contributed by atoms with Gasteiger partial charge < -0.3 is 9.47 Å². The van der Waals surface area contributed by atoms with Crippen molar-refractivity contribution >= 4 is 17.4 Å². The van der Waals surface area contributed by atoms with Crippen LogP contribution >= 0.6 is 0 Å². The number of allylic oxidation sites excluding steroid dienone is 2. The lowest BCUT2D eigenvalue weighted by atomic mass is 10.1. The highest BCUT2D eigenvalue weighted by Gasteiger charge is 2.02. The quantitative estimate of drug-likeness (QED) is 0.219. The normalized spacial score (nSPS) is 10.9. The number of hydrogen-bond acceptors (Lipinski definition) is 3. The molecule has 0 radical (unpaired) electrons. The molecule has 3 aromatic carbocycles. The number of ketones is 1. The molecule has 0 saturated carbocycles. The SMILES string of the molecule is C=C(C)c1ccc(COCCOc2ccc(C=CC(=O)c3ccc(F)cc3)cc2)cc1. The average Bonchev–Trinajstić information content (AvgIpc) is 2.79. The molecule has 0 saturated heterocycles. The Hall–Kier alpha value is -3.50. The molecule has 0 aromatic heterocycles. The first-order valence-corrected chi connectivity index (χ1v) is 10.0. The Bertz CT molecular complexity index is 1030. The highest BCUT2D eigenvalue weighted by atomic mass is 19.1. The van der Waals surface area contributed by atoms with E-state index in [1.165, 1.54) is 30.3 Å². The fourth-order valence-corrected chi connectivity index (χ4v) is 2.85. The molecule has 0 bridgehead atoms. The van der Waals surface area contributed by atoms with E-state index < -0.39 is 0 Å². The average molecular weight is 416 g/mol. The standard InChI is InChI=1S/C27H25FO3/c1-20(2)23-8-3-22(4-9-23)19-30-17-18-31-26-14-5-21(6-15-26)7-16-27(29)24-10-12-25(28)13-11-24/h3-16H,1,17-19H2,2H3. The Morgan fingerprint density at radius 3 is 2.19 bits per heavy atom. The molecule has 158 valence electrons. The highest BCUT2D eigenvalue weighted by Crippen LogP contribution is 2.15. The molecule has 3 rings (SSSR count). The first-order chi connectivity index (χ1) is 15.0. The molecule has 0 aliphatic carbocycles. The van der Waals surface area contributed by atoms with Crippen molar-refractivity contribution in [1.29, 1.82) is 0 Å². The first-order valence-electron chi connectivity index (χ1n) is 10.0. The summed E-state index contributed by atoms with van der Waals surface area (Å²) in [5.74, 6) is 0.196. The molecular formula is C27H25FO3. The van der Waals surface area contributed by atoms with Crippen LogP contribution in [-0.4, -0.2) is 19.0 Å². The van der Waals surface area contributed by atoms with E-state index in [0.29, 0.717) is 25.4 Å². The minimum absolute atomic E-state index is 0.174. The lowest BCUT2D eigenvalue weighted by Crippen LogP contribution is -2.06. The van der Waals surface area contributed by atoms with E-state index in [9.17, 15) is 9.18 Å². The van der Waals surface area contributed by atoms with Crippen LogP contribution in [0.25, 0.3) is 11.6 Å². The second-order valence-electron chi connectivity index (χ2n) is 7.15. The van der Waals surface area contributed by atoms with Crippen molar-refractivity contribution in [3.63, 3.8) is 0 Å². The van der Waals surface area contributed by atoms with Crippen LogP contribution in [0.5, 0.6) is 5.75 Å². The second-order valence-corrected chi connectivity index (χ2v) is 7.15. The highest BCUT2D eigenvalue weighted by molar-refractivity contribution is 6.06. The number of rotatable bonds is 10. The van der Waals surface area contributed by atoms with E-state index in [-0.39, 0.29) is 11.6 Å². The zero-order valence-corrected chi connectivity index (χ0v) is 17.5. The molecule has 0 aliphatic heterocycles. The van der Waals surface area contributed by atoms with Gasteiger partial charge in [0.1, 0.15) is 18.2 Å². The molecule has 3 nitrogen and oxygen atoms in total. The Morgan fingerprint density at radius 2 is 1.55 bits per heavy atom. The van der Waals surface area contributed by atoms with Crippen molar-refractivity contribution in [1.82, 2.24) is 0 Å². The molecule has 0 atom stereocenters. The van der Waals surface area contributed by atoms with Gasteiger partial charge in [0.15, 0.2) is 5.78 Å². The van der Waals surface area contributed by atoms with Gasteiger partial charge in [0.2, 0.25) is 0 Å². The third-order valence-corrected chi connectivity index (χ3v) is 4.65.